The molecule has 1 aromatic carbocycles. The number of nitrogens with zero attached hydrogens (tertiary/aromatic N) is 1. The van der Waals surface area contributed by atoms with Crippen LogP contribution in [0.5, 0.6) is 5.75 Å². The molecule has 5 nitrogen and oxygen atoms in total. The summed E-state index contributed by atoms with van der Waals surface area (Å²) in [5.74, 6) is 1.57. The zero-order valence-corrected chi connectivity index (χ0v) is 15.2. The molecule has 0 bridgehead atoms. The number of carbonyl (C=O) groups excluding carboxylic acids is 2. The standard InChI is InChI=1S/C18H24N2O3S/c1-12-5-4-6-13(2)16(12)23-10-9-19-17(22)14-11-24-18(3)8-7-15(21)20(14)18/h4-6,14H,7-11H2,1-3H3,(H,19,22)/t14-,18+/m0/s1. The lowest BCUT2D eigenvalue weighted by Gasteiger charge is -2.29. The van der Waals surface area contributed by atoms with E-state index < -0.39 is 0 Å². The van der Waals surface area contributed by atoms with Gasteiger partial charge in [-0.2, -0.15) is 0 Å². The van der Waals surface area contributed by atoms with E-state index >= 15 is 0 Å². The summed E-state index contributed by atoms with van der Waals surface area (Å²) in [7, 11) is 0. The molecule has 6 heteroatoms. The first-order chi connectivity index (χ1) is 11.4. The molecule has 2 atom stereocenters. The Morgan fingerprint density at radius 2 is 2.12 bits per heavy atom. The van der Waals surface area contributed by atoms with Gasteiger partial charge in [-0.05, 0) is 38.3 Å². The smallest absolute Gasteiger partial charge is 0.243 e. The molecule has 3 rings (SSSR count). The van der Waals surface area contributed by atoms with Crippen molar-refractivity contribution in [3.05, 3.63) is 29.3 Å². The maximum Gasteiger partial charge on any atom is 0.243 e. The second kappa shape index (κ2) is 6.67. The minimum Gasteiger partial charge on any atom is -0.491 e. The van der Waals surface area contributed by atoms with Crippen molar-refractivity contribution in [2.45, 2.75) is 44.5 Å². The van der Waals surface area contributed by atoms with Gasteiger partial charge in [0.05, 0.1) is 11.4 Å². The van der Waals surface area contributed by atoms with Gasteiger partial charge in [-0.3, -0.25) is 9.59 Å². The van der Waals surface area contributed by atoms with Crippen LogP contribution in [-0.2, 0) is 9.59 Å². The average Bonchev–Trinajstić information content (AvgIpc) is 3.03. The van der Waals surface area contributed by atoms with E-state index in [1.807, 2.05) is 32.0 Å². The Bertz CT molecular complexity index is 643. The van der Waals surface area contributed by atoms with E-state index in [2.05, 4.69) is 12.2 Å². The molecular formula is C18H24N2O3S. The van der Waals surface area contributed by atoms with Crippen molar-refractivity contribution < 1.29 is 14.3 Å². The maximum atomic E-state index is 12.4. The van der Waals surface area contributed by atoms with Crippen LogP contribution in [0.4, 0.5) is 0 Å². The van der Waals surface area contributed by atoms with Crippen molar-refractivity contribution in [2.24, 2.45) is 0 Å². The van der Waals surface area contributed by atoms with Crippen molar-refractivity contribution in [3.63, 3.8) is 0 Å². The van der Waals surface area contributed by atoms with Crippen LogP contribution in [0.15, 0.2) is 18.2 Å². The van der Waals surface area contributed by atoms with Crippen LogP contribution in [0.1, 0.15) is 30.9 Å². The van der Waals surface area contributed by atoms with Gasteiger partial charge in [0.2, 0.25) is 11.8 Å². The zero-order chi connectivity index (χ0) is 17.3. The predicted octanol–water partition coefficient (Wildman–Crippen LogP) is 2.25. The Morgan fingerprint density at radius 1 is 1.42 bits per heavy atom. The van der Waals surface area contributed by atoms with Gasteiger partial charge in [-0.15, -0.1) is 11.8 Å². The molecule has 0 spiro atoms. The van der Waals surface area contributed by atoms with Gasteiger partial charge in [0.25, 0.3) is 0 Å². The van der Waals surface area contributed by atoms with E-state index in [1.165, 1.54) is 0 Å². The number of hydrogen-bond donors (Lipinski definition) is 1. The summed E-state index contributed by atoms with van der Waals surface area (Å²) in [6.07, 6.45) is 1.37. The highest BCUT2D eigenvalue weighted by Gasteiger charge is 2.52. The van der Waals surface area contributed by atoms with Crippen molar-refractivity contribution >= 4 is 23.6 Å². The van der Waals surface area contributed by atoms with E-state index in [1.54, 1.807) is 16.7 Å². The molecule has 2 saturated heterocycles. The number of thioether (sulfide) groups is 1. The number of amides is 2. The van der Waals surface area contributed by atoms with Crippen LogP contribution in [-0.4, -0.2) is 46.5 Å². The molecule has 0 radical (unpaired) electrons. The fourth-order valence-corrected chi connectivity index (χ4v) is 4.92. The third-order valence-corrected chi connectivity index (χ3v) is 6.31. The van der Waals surface area contributed by atoms with Gasteiger partial charge in [0.1, 0.15) is 18.4 Å². The summed E-state index contributed by atoms with van der Waals surface area (Å²) >= 11 is 1.71. The first-order valence-electron chi connectivity index (χ1n) is 8.35. The van der Waals surface area contributed by atoms with Gasteiger partial charge in [0, 0.05) is 12.2 Å². The first-order valence-corrected chi connectivity index (χ1v) is 9.34. The fraction of sp³-hybridized carbons (Fsp3) is 0.556. The van der Waals surface area contributed by atoms with Crippen molar-refractivity contribution in [2.75, 3.05) is 18.9 Å². The number of aryl methyl sites for hydroxylation is 2. The quantitative estimate of drug-likeness (QED) is 0.829. The predicted molar refractivity (Wildman–Crippen MR) is 95.2 cm³/mol. The molecule has 2 amide bonds. The normalized spacial score (nSPS) is 25.7. The molecule has 2 aliphatic rings. The fourth-order valence-electron chi connectivity index (χ4n) is 3.49. The van der Waals surface area contributed by atoms with Crippen LogP contribution < -0.4 is 10.1 Å². The minimum absolute atomic E-state index is 0.0772. The van der Waals surface area contributed by atoms with Crippen LogP contribution in [0, 0.1) is 13.8 Å². The number of para-hydroxylation sites is 1. The molecule has 130 valence electrons. The second-order valence-corrected chi connectivity index (χ2v) is 8.13. The molecule has 0 saturated carbocycles. The lowest BCUT2D eigenvalue weighted by Crippen LogP contribution is -2.50. The summed E-state index contributed by atoms with van der Waals surface area (Å²) in [5.41, 5.74) is 2.18. The summed E-state index contributed by atoms with van der Waals surface area (Å²) < 4.78 is 5.81. The second-order valence-electron chi connectivity index (χ2n) is 6.63. The number of ether oxygens (including phenoxy) is 1. The van der Waals surface area contributed by atoms with Gasteiger partial charge in [-0.25, -0.2) is 0 Å². The topological polar surface area (TPSA) is 58.6 Å². The molecule has 2 aliphatic heterocycles. The number of rotatable bonds is 5. The molecule has 2 heterocycles. The Kier molecular flexibility index (Phi) is 4.76. The highest BCUT2D eigenvalue weighted by atomic mass is 32.2. The van der Waals surface area contributed by atoms with E-state index in [4.69, 9.17) is 4.74 Å². The molecule has 0 unspecified atom stereocenters. The molecule has 24 heavy (non-hydrogen) atoms. The van der Waals surface area contributed by atoms with Crippen molar-refractivity contribution in [1.29, 1.82) is 0 Å². The zero-order valence-electron chi connectivity index (χ0n) is 14.4. The SMILES string of the molecule is Cc1cccc(C)c1OCCNC(=O)[C@@H]1CS[C@]2(C)CCC(=O)N12. The van der Waals surface area contributed by atoms with E-state index in [0.29, 0.717) is 25.3 Å². The van der Waals surface area contributed by atoms with Gasteiger partial charge in [0.15, 0.2) is 0 Å². The molecule has 1 aromatic rings. The third kappa shape index (κ3) is 3.11. The molecule has 1 N–H and O–H groups in total. The highest BCUT2D eigenvalue weighted by Crippen LogP contribution is 2.47. The van der Waals surface area contributed by atoms with Crippen LogP contribution in [0.2, 0.25) is 0 Å². The van der Waals surface area contributed by atoms with Crippen LogP contribution in [0.3, 0.4) is 0 Å². The number of nitrogens with one attached hydrogen (secondary N) is 1. The molecule has 2 fully saturated rings. The largest absolute Gasteiger partial charge is 0.491 e. The third-order valence-electron chi connectivity index (χ3n) is 4.80. The number of carbonyl (C=O) groups is 2. The summed E-state index contributed by atoms with van der Waals surface area (Å²) in [6, 6.07) is 5.67. The van der Waals surface area contributed by atoms with Gasteiger partial charge in [-0.1, -0.05) is 18.2 Å². The van der Waals surface area contributed by atoms with E-state index in [-0.39, 0.29) is 22.7 Å². The summed E-state index contributed by atoms with van der Waals surface area (Å²) in [5, 5.41) is 2.91. The Balaban J connectivity index is 1.51. The van der Waals surface area contributed by atoms with Crippen molar-refractivity contribution in [3.8, 4) is 5.75 Å². The highest BCUT2D eigenvalue weighted by molar-refractivity contribution is 8.01. The van der Waals surface area contributed by atoms with Crippen LogP contribution >= 0.6 is 11.8 Å². The van der Waals surface area contributed by atoms with Crippen LogP contribution in [0.25, 0.3) is 0 Å². The Morgan fingerprint density at radius 3 is 2.83 bits per heavy atom. The molecular weight excluding hydrogens is 324 g/mol. The van der Waals surface area contributed by atoms with Crippen molar-refractivity contribution in [1.82, 2.24) is 10.2 Å². The lowest BCUT2D eigenvalue weighted by atomic mass is 10.1. The van der Waals surface area contributed by atoms with Gasteiger partial charge >= 0.3 is 0 Å². The monoisotopic (exact) mass is 348 g/mol. The Hall–Kier alpha value is -1.69. The van der Waals surface area contributed by atoms with Gasteiger partial charge < -0.3 is 15.0 Å². The first kappa shape index (κ1) is 17.1. The maximum absolute atomic E-state index is 12.4. The number of fused-ring (bicyclic) bond motifs is 1. The average molecular weight is 348 g/mol. The van der Waals surface area contributed by atoms with E-state index in [0.717, 1.165) is 23.3 Å². The summed E-state index contributed by atoms with van der Waals surface area (Å²) in [6.45, 7) is 6.93. The number of hydrogen-bond acceptors (Lipinski definition) is 4. The molecule has 0 aromatic heterocycles. The minimum atomic E-state index is -0.352. The van der Waals surface area contributed by atoms with E-state index in [9.17, 15) is 9.59 Å². The Labute approximate surface area is 147 Å². The molecule has 0 aliphatic carbocycles. The number of benzene rings is 1. The summed E-state index contributed by atoms with van der Waals surface area (Å²) in [4.78, 5) is 26.1. The lowest BCUT2D eigenvalue weighted by molar-refractivity contribution is -0.137.